The van der Waals surface area contributed by atoms with Crippen LogP contribution in [0.1, 0.15) is 12.0 Å². The van der Waals surface area contributed by atoms with Crippen molar-refractivity contribution in [2.75, 3.05) is 0 Å². The molecule has 1 aromatic carbocycles. The molecule has 0 aliphatic heterocycles. The molecule has 0 saturated heterocycles. The van der Waals surface area contributed by atoms with Crippen LogP contribution in [0.5, 0.6) is 5.75 Å². The van der Waals surface area contributed by atoms with Crippen molar-refractivity contribution in [1.29, 1.82) is 0 Å². The maximum atomic E-state index is 9.96. The Kier molecular flexibility index (Phi) is 3.08. The van der Waals surface area contributed by atoms with E-state index in [9.17, 15) is 4.79 Å². The Hall–Kier alpha value is -1.57. The first-order chi connectivity index (χ1) is 5.83. The Bertz CT molecular complexity index is 272. The lowest BCUT2D eigenvalue weighted by atomic mass is 10.2. The van der Waals surface area contributed by atoms with E-state index in [1.165, 1.54) is 0 Å². The minimum absolute atomic E-state index is 0.252. The standard InChI is InChI=1S/C10H10O2/c11-8-2-1-3-9-4-6-10(12)7-5-9/h1,3-8,12H,2H2. The summed E-state index contributed by atoms with van der Waals surface area (Å²) in [5.74, 6) is 0.252. The predicted molar refractivity (Wildman–Crippen MR) is 47.8 cm³/mol. The first-order valence-electron chi connectivity index (χ1n) is 3.72. The van der Waals surface area contributed by atoms with Crippen LogP contribution in [0.4, 0.5) is 0 Å². The van der Waals surface area contributed by atoms with Crippen LogP contribution in [0.15, 0.2) is 30.3 Å². The zero-order chi connectivity index (χ0) is 8.81. The van der Waals surface area contributed by atoms with Crippen molar-refractivity contribution in [3.8, 4) is 5.75 Å². The number of allylic oxidation sites excluding steroid dienone is 1. The van der Waals surface area contributed by atoms with Crippen LogP contribution in [0.2, 0.25) is 0 Å². The Morgan fingerprint density at radius 3 is 2.50 bits per heavy atom. The summed E-state index contributed by atoms with van der Waals surface area (Å²) >= 11 is 0. The molecule has 1 aromatic rings. The summed E-state index contributed by atoms with van der Waals surface area (Å²) in [5.41, 5.74) is 0.981. The van der Waals surface area contributed by atoms with Gasteiger partial charge in [-0.25, -0.2) is 0 Å². The molecule has 0 fully saturated rings. The summed E-state index contributed by atoms with van der Waals surface area (Å²) in [6.07, 6.45) is 4.89. The second kappa shape index (κ2) is 4.34. The van der Waals surface area contributed by atoms with E-state index in [0.29, 0.717) is 6.42 Å². The molecule has 62 valence electrons. The van der Waals surface area contributed by atoms with Crippen LogP contribution >= 0.6 is 0 Å². The number of phenols is 1. The molecule has 2 nitrogen and oxygen atoms in total. The fourth-order valence-electron chi connectivity index (χ4n) is 0.845. The van der Waals surface area contributed by atoms with Gasteiger partial charge in [0.05, 0.1) is 0 Å². The van der Waals surface area contributed by atoms with Crippen molar-refractivity contribution in [3.63, 3.8) is 0 Å². The molecule has 0 bridgehead atoms. The number of carbonyl (C=O) groups is 1. The highest BCUT2D eigenvalue weighted by Gasteiger charge is 1.86. The van der Waals surface area contributed by atoms with E-state index in [4.69, 9.17) is 5.11 Å². The molecule has 1 rings (SSSR count). The van der Waals surface area contributed by atoms with Crippen LogP contribution in [-0.4, -0.2) is 11.4 Å². The van der Waals surface area contributed by atoms with Gasteiger partial charge in [0.15, 0.2) is 0 Å². The number of carbonyl (C=O) groups excluding carboxylic acids is 1. The summed E-state index contributed by atoms with van der Waals surface area (Å²) < 4.78 is 0. The minimum Gasteiger partial charge on any atom is -0.508 e. The van der Waals surface area contributed by atoms with Crippen molar-refractivity contribution < 1.29 is 9.90 Å². The maximum Gasteiger partial charge on any atom is 0.123 e. The quantitative estimate of drug-likeness (QED) is 0.690. The molecule has 12 heavy (non-hydrogen) atoms. The van der Waals surface area contributed by atoms with Crippen LogP contribution in [0.25, 0.3) is 6.08 Å². The highest BCUT2D eigenvalue weighted by atomic mass is 16.3. The molecule has 0 spiro atoms. The second-order valence-electron chi connectivity index (χ2n) is 2.40. The van der Waals surface area contributed by atoms with Crippen molar-refractivity contribution >= 4 is 12.4 Å². The van der Waals surface area contributed by atoms with E-state index in [2.05, 4.69) is 0 Å². The molecule has 0 radical (unpaired) electrons. The third-order valence-electron chi connectivity index (χ3n) is 1.44. The van der Waals surface area contributed by atoms with Gasteiger partial charge in [0.1, 0.15) is 12.0 Å². The van der Waals surface area contributed by atoms with Gasteiger partial charge in [0.2, 0.25) is 0 Å². The molecule has 1 N–H and O–H groups in total. The molecular formula is C10H10O2. The van der Waals surface area contributed by atoms with E-state index in [-0.39, 0.29) is 5.75 Å². The average molecular weight is 162 g/mol. The summed E-state index contributed by atoms with van der Waals surface area (Å²) in [4.78, 5) is 9.96. The van der Waals surface area contributed by atoms with Crippen LogP contribution in [-0.2, 0) is 4.79 Å². The zero-order valence-electron chi connectivity index (χ0n) is 6.60. The molecule has 0 amide bonds. The fraction of sp³-hybridized carbons (Fsp3) is 0.100. The Labute approximate surface area is 71.2 Å². The highest BCUT2D eigenvalue weighted by Crippen LogP contribution is 2.10. The number of aldehydes is 1. The van der Waals surface area contributed by atoms with Crippen LogP contribution in [0, 0.1) is 0 Å². The molecule has 0 heterocycles. The van der Waals surface area contributed by atoms with E-state index in [0.717, 1.165) is 11.8 Å². The molecule has 2 heteroatoms. The van der Waals surface area contributed by atoms with Gasteiger partial charge in [-0.3, -0.25) is 0 Å². The Morgan fingerprint density at radius 1 is 1.25 bits per heavy atom. The molecular weight excluding hydrogens is 152 g/mol. The second-order valence-corrected chi connectivity index (χ2v) is 2.40. The van der Waals surface area contributed by atoms with Crippen molar-refractivity contribution in [3.05, 3.63) is 35.9 Å². The summed E-state index contributed by atoms with van der Waals surface area (Å²) in [5, 5.41) is 8.95. The van der Waals surface area contributed by atoms with E-state index in [1.807, 2.05) is 6.08 Å². The number of hydrogen-bond acceptors (Lipinski definition) is 2. The van der Waals surface area contributed by atoms with Gasteiger partial charge in [0.25, 0.3) is 0 Å². The number of aromatic hydroxyl groups is 1. The molecule has 0 atom stereocenters. The summed E-state index contributed by atoms with van der Waals surface area (Å²) in [7, 11) is 0. The van der Waals surface area contributed by atoms with Gasteiger partial charge in [-0.05, 0) is 17.7 Å². The average Bonchev–Trinajstić information content (AvgIpc) is 2.09. The summed E-state index contributed by atoms with van der Waals surface area (Å²) in [6, 6.07) is 6.80. The summed E-state index contributed by atoms with van der Waals surface area (Å²) in [6.45, 7) is 0. The number of rotatable bonds is 3. The number of hydrogen-bond donors (Lipinski definition) is 1. The largest absolute Gasteiger partial charge is 0.508 e. The fourth-order valence-corrected chi connectivity index (χ4v) is 0.845. The Balaban J connectivity index is 2.64. The maximum absolute atomic E-state index is 9.96. The lowest BCUT2D eigenvalue weighted by Crippen LogP contribution is -1.71. The van der Waals surface area contributed by atoms with Gasteiger partial charge in [-0.2, -0.15) is 0 Å². The zero-order valence-corrected chi connectivity index (χ0v) is 6.60. The van der Waals surface area contributed by atoms with E-state index in [1.54, 1.807) is 30.3 Å². The number of phenolic OH excluding ortho intramolecular Hbond substituents is 1. The van der Waals surface area contributed by atoms with E-state index >= 15 is 0 Å². The lowest BCUT2D eigenvalue weighted by molar-refractivity contribution is -0.107. The number of benzene rings is 1. The molecule has 0 aliphatic carbocycles. The first kappa shape index (κ1) is 8.53. The van der Waals surface area contributed by atoms with Gasteiger partial charge < -0.3 is 9.90 Å². The van der Waals surface area contributed by atoms with Crippen LogP contribution in [0.3, 0.4) is 0 Å². The smallest absolute Gasteiger partial charge is 0.123 e. The molecule has 0 saturated carbocycles. The van der Waals surface area contributed by atoms with E-state index < -0.39 is 0 Å². The third-order valence-corrected chi connectivity index (χ3v) is 1.44. The van der Waals surface area contributed by atoms with Crippen molar-refractivity contribution in [1.82, 2.24) is 0 Å². The molecule has 0 aromatic heterocycles. The van der Waals surface area contributed by atoms with Gasteiger partial charge >= 0.3 is 0 Å². The normalized spacial score (nSPS) is 10.3. The predicted octanol–water partition coefficient (Wildman–Crippen LogP) is 1.99. The van der Waals surface area contributed by atoms with Gasteiger partial charge in [0, 0.05) is 6.42 Å². The van der Waals surface area contributed by atoms with Gasteiger partial charge in [-0.15, -0.1) is 0 Å². The Morgan fingerprint density at radius 2 is 1.92 bits per heavy atom. The minimum atomic E-state index is 0.252. The first-order valence-corrected chi connectivity index (χ1v) is 3.72. The topological polar surface area (TPSA) is 37.3 Å². The highest BCUT2D eigenvalue weighted by molar-refractivity contribution is 5.58. The van der Waals surface area contributed by atoms with Crippen molar-refractivity contribution in [2.24, 2.45) is 0 Å². The molecule has 0 unspecified atom stereocenters. The lowest BCUT2D eigenvalue weighted by Gasteiger charge is -1.92. The third kappa shape index (κ3) is 2.58. The SMILES string of the molecule is O=CCC=Cc1ccc(O)cc1. The monoisotopic (exact) mass is 162 g/mol. The van der Waals surface area contributed by atoms with Gasteiger partial charge in [-0.1, -0.05) is 24.3 Å². The molecule has 0 aliphatic rings. The van der Waals surface area contributed by atoms with Crippen LogP contribution < -0.4 is 0 Å². The van der Waals surface area contributed by atoms with Crippen molar-refractivity contribution in [2.45, 2.75) is 6.42 Å².